The van der Waals surface area contributed by atoms with Crippen LogP contribution in [0.5, 0.6) is 0 Å². The Bertz CT molecular complexity index is 747. The van der Waals surface area contributed by atoms with Crippen LogP contribution >= 0.6 is 0 Å². The van der Waals surface area contributed by atoms with Gasteiger partial charge in [0.2, 0.25) is 0 Å². The van der Waals surface area contributed by atoms with Gasteiger partial charge in [0, 0.05) is 13.2 Å². The number of ether oxygens (including phenoxy) is 1. The maximum atomic E-state index is 5.95. The van der Waals surface area contributed by atoms with Gasteiger partial charge in [0.15, 0.2) is 0 Å². The van der Waals surface area contributed by atoms with Crippen molar-refractivity contribution in [3.05, 3.63) is 0 Å². The van der Waals surface area contributed by atoms with Crippen LogP contribution in [0.2, 0.25) is 0 Å². The van der Waals surface area contributed by atoms with Crippen LogP contribution in [0, 0.1) is 56.7 Å². The zero-order valence-corrected chi connectivity index (χ0v) is 23.4. The Morgan fingerprint density at radius 2 is 1.55 bits per heavy atom. The summed E-state index contributed by atoms with van der Waals surface area (Å²) < 4.78 is 5.95. The first-order valence-corrected chi connectivity index (χ1v) is 14.7. The molecule has 10 atom stereocenters. The first-order valence-electron chi connectivity index (χ1n) is 14.7. The minimum atomic E-state index is 0.403. The van der Waals surface area contributed by atoms with Crippen LogP contribution in [0.25, 0.3) is 0 Å². The normalized spacial score (nSPS) is 55.3. The summed E-state index contributed by atoms with van der Waals surface area (Å²) in [6.45, 7) is 17.0. The molecule has 0 heterocycles. The third-order valence-corrected chi connectivity index (χ3v) is 14.1. The van der Waals surface area contributed by atoms with E-state index in [1.54, 1.807) is 0 Å². The second-order valence-electron chi connectivity index (χ2n) is 14.9. The third-order valence-electron chi connectivity index (χ3n) is 14.1. The van der Waals surface area contributed by atoms with Crippen molar-refractivity contribution in [2.24, 2.45) is 56.7 Å². The highest BCUT2D eigenvalue weighted by Crippen LogP contribution is 2.77. The Labute approximate surface area is 205 Å². The molecule has 0 aromatic heterocycles. The van der Waals surface area contributed by atoms with E-state index in [0.29, 0.717) is 33.1 Å². The maximum Gasteiger partial charge on any atom is 0.0521 e. The molecule has 1 N–H and O–H groups in total. The average Bonchev–Trinajstić information content (AvgIpc) is 3.13. The monoisotopic (exact) mass is 457 g/mol. The molecule has 2 heteroatoms. The lowest BCUT2D eigenvalue weighted by Crippen LogP contribution is -2.67. The van der Waals surface area contributed by atoms with Gasteiger partial charge < -0.3 is 10.1 Å². The van der Waals surface area contributed by atoms with Crippen LogP contribution in [0.15, 0.2) is 0 Å². The molecule has 5 fully saturated rings. The van der Waals surface area contributed by atoms with Gasteiger partial charge in [0.05, 0.1) is 6.61 Å². The molecule has 0 bridgehead atoms. The molecule has 0 amide bonds. The Morgan fingerprint density at radius 3 is 2.21 bits per heavy atom. The zero-order chi connectivity index (χ0) is 23.9. The molecule has 0 spiro atoms. The second kappa shape index (κ2) is 7.96. The van der Waals surface area contributed by atoms with E-state index in [4.69, 9.17) is 4.74 Å². The number of hydrogen-bond donors (Lipinski definition) is 1. The predicted octanol–water partition coefficient (Wildman–Crippen LogP) is 7.71. The Balaban J connectivity index is 1.52. The zero-order valence-electron chi connectivity index (χ0n) is 23.4. The molecule has 0 saturated heterocycles. The van der Waals surface area contributed by atoms with E-state index in [1.165, 1.54) is 70.6 Å². The molecular formula is C31H55NO. The van der Waals surface area contributed by atoms with E-state index < -0.39 is 0 Å². The van der Waals surface area contributed by atoms with Gasteiger partial charge in [-0.2, -0.15) is 0 Å². The number of rotatable bonds is 4. The first-order chi connectivity index (χ1) is 15.5. The Kier molecular flexibility index (Phi) is 5.94. The van der Waals surface area contributed by atoms with Gasteiger partial charge in [-0.15, -0.1) is 0 Å². The fraction of sp³-hybridized carbons (Fsp3) is 1.00. The van der Waals surface area contributed by atoms with Gasteiger partial charge in [0.1, 0.15) is 0 Å². The van der Waals surface area contributed by atoms with Crippen molar-refractivity contribution in [1.82, 2.24) is 5.32 Å². The molecule has 0 aliphatic heterocycles. The quantitative estimate of drug-likeness (QED) is 0.466. The molecule has 5 aliphatic rings. The highest BCUT2D eigenvalue weighted by atomic mass is 16.5. The van der Waals surface area contributed by atoms with Gasteiger partial charge in [-0.3, -0.25) is 0 Å². The third kappa shape index (κ3) is 3.04. The van der Waals surface area contributed by atoms with Crippen LogP contribution in [0.4, 0.5) is 0 Å². The van der Waals surface area contributed by atoms with Crippen molar-refractivity contribution in [3.63, 3.8) is 0 Å². The lowest BCUT2D eigenvalue weighted by Gasteiger charge is -2.73. The van der Waals surface area contributed by atoms with Crippen molar-refractivity contribution in [1.29, 1.82) is 0 Å². The summed E-state index contributed by atoms with van der Waals surface area (Å²) in [5.41, 5.74) is 2.41. The molecular weight excluding hydrogens is 402 g/mol. The summed E-state index contributed by atoms with van der Waals surface area (Å²) in [5, 5.41) is 3.72. The predicted molar refractivity (Wildman–Crippen MR) is 139 cm³/mol. The average molecular weight is 458 g/mol. The van der Waals surface area contributed by atoms with Gasteiger partial charge in [-0.1, -0.05) is 48.0 Å². The molecule has 5 aliphatic carbocycles. The highest BCUT2D eigenvalue weighted by Gasteiger charge is 2.70. The summed E-state index contributed by atoms with van der Waals surface area (Å²) in [4.78, 5) is 0. The lowest BCUT2D eigenvalue weighted by atomic mass is 9.32. The summed E-state index contributed by atoms with van der Waals surface area (Å²) in [5.74, 6) is 4.51. The molecule has 0 aromatic rings. The maximum absolute atomic E-state index is 5.95. The lowest BCUT2D eigenvalue weighted by molar-refractivity contribution is -0.242. The highest BCUT2D eigenvalue weighted by molar-refractivity contribution is 5.19. The summed E-state index contributed by atoms with van der Waals surface area (Å²) in [6, 6.07) is 0.681. The Morgan fingerprint density at radius 1 is 0.788 bits per heavy atom. The number of nitrogens with one attached hydrogen (secondary N) is 1. The van der Waals surface area contributed by atoms with E-state index in [1.807, 2.05) is 7.11 Å². The van der Waals surface area contributed by atoms with Crippen molar-refractivity contribution >= 4 is 0 Å². The van der Waals surface area contributed by atoms with E-state index in [9.17, 15) is 0 Å². The van der Waals surface area contributed by atoms with Gasteiger partial charge in [-0.05, 0) is 128 Å². The smallest absolute Gasteiger partial charge is 0.0521 e. The van der Waals surface area contributed by atoms with E-state index in [2.05, 4.69) is 53.9 Å². The van der Waals surface area contributed by atoms with E-state index in [0.717, 1.165) is 36.2 Å². The van der Waals surface area contributed by atoms with Gasteiger partial charge in [-0.25, -0.2) is 0 Å². The molecule has 5 rings (SSSR count). The fourth-order valence-corrected chi connectivity index (χ4v) is 12.4. The molecule has 5 saturated carbocycles. The minimum Gasteiger partial charge on any atom is -0.384 e. The molecule has 0 radical (unpaired) electrons. The van der Waals surface area contributed by atoms with E-state index >= 15 is 0 Å². The number of methoxy groups -OCH3 is 1. The Hall–Kier alpha value is -0.0800. The number of fused-ring (bicyclic) bond motifs is 7. The van der Waals surface area contributed by atoms with Gasteiger partial charge in [0.25, 0.3) is 0 Å². The van der Waals surface area contributed by atoms with Crippen LogP contribution in [0.1, 0.15) is 112 Å². The van der Waals surface area contributed by atoms with Crippen LogP contribution in [-0.4, -0.2) is 26.8 Å². The van der Waals surface area contributed by atoms with Gasteiger partial charge >= 0.3 is 0 Å². The summed E-state index contributed by atoms with van der Waals surface area (Å²) in [7, 11) is 4.16. The summed E-state index contributed by atoms with van der Waals surface area (Å²) >= 11 is 0. The molecule has 2 nitrogen and oxygen atoms in total. The molecule has 33 heavy (non-hydrogen) atoms. The number of hydrogen-bond acceptors (Lipinski definition) is 2. The van der Waals surface area contributed by atoms with Crippen molar-refractivity contribution in [2.45, 2.75) is 118 Å². The standard InChI is InChI=1S/C31H55NO/c1-9-21-12-17-31(20-33-8)19-18-29(5)22(26(21)31)10-11-24-28(4)15-14-25(32-7)27(2,3)23(28)13-16-30(24,29)6/h21-26,32H,9-20H2,1-8H3/t21-,22?,23?,24?,25+,26?,28+,29-,30-,31-/m1/s1. The summed E-state index contributed by atoms with van der Waals surface area (Å²) in [6.07, 6.45) is 15.8. The van der Waals surface area contributed by atoms with Crippen LogP contribution in [0.3, 0.4) is 0 Å². The van der Waals surface area contributed by atoms with Crippen LogP contribution < -0.4 is 5.32 Å². The first kappa shape index (κ1) is 24.6. The van der Waals surface area contributed by atoms with Crippen molar-refractivity contribution in [3.8, 4) is 0 Å². The largest absolute Gasteiger partial charge is 0.384 e. The van der Waals surface area contributed by atoms with Crippen molar-refractivity contribution in [2.75, 3.05) is 20.8 Å². The van der Waals surface area contributed by atoms with E-state index in [-0.39, 0.29) is 0 Å². The second-order valence-corrected chi connectivity index (χ2v) is 14.9. The van der Waals surface area contributed by atoms with Crippen LogP contribution in [-0.2, 0) is 4.74 Å². The minimum absolute atomic E-state index is 0.403. The molecule has 4 unspecified atom stereocenters. The SMILES string of the molecule is CC[C@@H]1CC[C@]2(COC)CC[C@]3(C)C(CCC4[C@@]5(C)CC[C@H](NC)C(C)(C)C5CC[C@]43C)C12. The molecule has 0 aromatic carbocycles. The van der Waals surface area contributed by atoms with Crippen molar-refractivity contribution < 1.29 is 4.74 Å². The topological polar surface area (TPSA) is 21.3 Å². The molecule has 190 valence electrons. The fourth-order valence-electron chi connectivity index (χ4n) is 12.4.